The highest BCUT2D eigenvalue weighted by Crippen LogP contribution is 2.26. The summed E-state index contributed by atoms with van der Waals surface area (Å²) in [6.45, 7) is 9.98. The van der Waals surface area contributed by atoms with E-state index in [1.54, 1.807) is 11.3 Å². The van der Waals surface area contributed by atoms with Gasteiger partial charge in [-0.3, -0.25) is 4.90 Å². The Balaban J connectivity index is 2.06. The first-order valence-electron chi connectivity index (χ1n) is 5.70. The largest absolute Gasteiger partial charge is 0.311 e. The fraction of sp³-hybridized carbons (Fsp3) is 0.667. The van der Waals surface area contributed by atoms with E-state index in [9.17, 15) is 0 Å². The number of piperazine rings is 1. The number of thiophene rings is 1. The molecule has 0 radical (unpaired) electrons. The number of nitrogens with zero attached hydrogens (tertiary/aromatic N) is 1. The van der Waals surface area contributed by atoms with Crippen molar-refractivity contribution in [2.45, 2.75) is 38.9 Å². The Labute approximate surface area is 107 Å². The lowest BCUT2D eigenvalue weighted by Gasteiger charge is -2.45. The number of hydrogen-bond donors (Lipinski definition) is 1. The summed E-state index contributed by atoms with van der Waals surface area (Å²) in [7, 11) is 0. The van der Waals surface area contributed by atoms with Gasteiger partial charge in [0.1, 0.15) is 0 Å². The average Bonchev–Trinajstić information content (AvgIpc) is 2.59. The Morgan fingerprint density at radius 1 is 1.56 bits per heavy atom. The van der Waals surface area contributed by atoms with Crippen LogP contribution >= 0.6 is 22.9 Å². The summed E-state index contributed by atoms with van der Waals surface area (Å²) in [6.07, 6.45) is 0. The first kappa shape index (κ1) is 12.4. The van der Waals surface area contributed by atoms with Crippen LogP contribution in [0, 0.1) is 0 Å². The maximum absolute atomic E-state index is 5.97. The second-order valence-corrected chi connectivity index (χ2v) is 6.98. The Morgan fingerprint density at radius 2 is 2.31 bits per heavy atom. The second kappa shape index (κ2) is 4.65. The van der Waals surface area contributed by atoms with Gasteiger partial charge in [-0.2, -0.15) is 0 Å². The molecule has 1 N–H and O–H groups in total. The fourth-order valence-electron chi connectivity index (χ4n) is 2.08. The molecule has 1 fully saturated rings. The van der Waals surface area contributed by atoms with E-state index < -0.39 is 0 Å². The molecule has 2 rings (SSSR count). The summed E-state index contributed by atoms with van der Waals surface area (Å²) in [5.41, 5.74) is 0.225. The minimum Gasteiger partial charge on any atom is -0.311 e. The number of rotatable bonds is 2. The molecule has 0 amide bonds. The van der Waals surface area contributed by atoms with E-state index in [-0.39, 0.29) is 5.54 Å². The van der Waals surface area contributed by atoms with Crippen molar-refractivity contribution in [1.29, 1.82) is 0 Å². The van der Waals surface area contributed by atoms with Gasteiger partial charge >= 0.3 is 0 Å². The lowest BCUT2D eigenvalue weighted by atomic mass is 9.98. The molecule has 0 aromatic carbocycles. The van der Waals surface area contributed by atoms with E-state index in [1.165, 1.54) is 4.88 Å². The van der Waals surface area contributed by atoms with Crippen molar-refractivity contribution in [2.24, 2.45) is 0 Å². The van der Waals surface area contributed by atoms with Crippen LogP contribution in [0.4, 0.5) is 0 Å². The van der Waals surface area contributed by atoms with E-state index in [1.807, 2.05) is 6.07 Å². The van der Waals surface area contributed by atoms with Crippen LogP contribution in [0.1, 0.15) is 25.6 Å². The van der Waals surface area contributed by atoms with Crippen LogP contribution in [0.25, 0.3) is 0 Å². The van der Waals surface area contributed by atoms with Gasteiger partial charge in [-0.1, -0.05) is 11.6 Å². The topological polar surface area (TPSA) is 15.3 Å². The third kappa shape index (κ3) is 2.77. The first-order valence-corrected chi connectivity index (χ1v) is 6.89. The van der Waals surface area contributed by atoms with Gasteiger partial charge in [0.15, 0.2) is 0 Å². The van der Waals surface area contributed by atoms with Gasteiger partial charge in [-0.15, -0.1) is 11.3 Å². The van der Waals surface area contributed by atoms with E-state index in [2.05, 4.69) is 37.1 Å². The van der Waals surface area contributed by atoms with Gasteiger partial charge in [0.05, 0.1) is 4.34 Å². The predicted molar refractivity (Wildman–Crippen MR) is 71.3 cm³/mol. The van der Waals surface area contributed by atoms with Crippen LogP contribution in [0.3, 0.4) is 0 Å². The summed E-state index contributed by atoms with van der Waals surface area (Å²) in [4.78, 5) is 3.89. The molecule has 1 aromatic rings. The molecule has 1 saturated heterocycles. The van der Waals surface area contributed by atoms with E-state index in [0.29, 0.717) is 6.04 Å². The molecule has 90 valence electrons. The van der Waals surface area contributed by atoms with Crippen LogP contribution in [-0.2, 0) is 6.54 Å². The van der Waals surface area contributed by atoms with Crippen LogP contribution in [0.2, 0.25) is 4.34 Å². The van der Waals surface area contributed by atoms with Gasteiger partial charge in [-0.05, 0) is 32.9 Å². The predicted octanol–water partition coefficient (Wildman–Crippen LogP) is 2.97. The SMILES string of the molecule is CC1CN(Cc2ccc(Cl)s2)C(C)(C)CN1. The van der Waals surface area contributed by atoms with Crippen LogP contribution in [-0.4, -0.2) is 29.6 Å². The maximum atomic E-state index is 5.97. The van der Waals surface area contributed by atoms with Gasteiger partial charge in [0.25, 0.3) is 0 Å². The number of nitrogens with one attached hydrogen (secondary N) is 1. The van der Waals surface area contributed by atoms with Crippen LogP contribution in [0.5, 0.6) is 0 Å². The summed E-state index contributed by atoms with van der Waals surface area (Å²) < 4.78 is 0.885. The fourth-order valence-corrected chi connectivity index (χ4v) is 3.18. The minimum atomic E-state index is 0.225. The molecule has 4 heteroatoms. The molecule has 1 aliphatic rings. The molecule has 0 bridgehead atoms. The molecular weight excluding hydrogens is 240 g/mol. The Bertz CT molecular complexity index is 362. The lowest BCUT2D eigenvalue weighted by Crippen LogP contribution is -2.60. The maximum Gasteiger partial charge on any atom is 0.0931 e. The molecule has 1 aromatic heterocycles. The quantitative estimate of drug-likeness (QED) is 0.878. The highest BCUT2D eigenvalue weighted by atomic mass is 35.5. The van der Waals surface area contributed by atoms with Crippen molar-refractivity contribution in [3.8, 4) is 0 Å². The number of halogens is 1. The van der Waals surface area contributed by atoms with E-state index in [0.717, 1.165) is 24.0 Å². The minimum absolute atomic E-state index is 0.225. The Morgan fingerprint density at radius 3 is 2.94 bits per heavy atom. The molecule has 1 unspecified atom stereocenters. The molecule has 16 heavy (non-hydrogen) atoms. The summed E-state index contributed by atoms with van der Waals surface area (Å²) >= 11 is 7.65. The molecule has 2 nitrogen and oxygen atoms in total. The van der Waals surface area contributed by atoms with Crippen LogP contribution in [0.15, 0.2) is 12.1 Å². The number of hydrogen-bond acceptors (Lipinski definition) is 3. The standard InChI is InChI=1S/C12H19ClN2S/c1-9-6-15(12(2,3)8-14-9)7-10-4-5-11(13)16-10/h4-5,9,14H,6-8H2,1-3H3. The third-order valence-electron chi connectivity index (χ3n) is 3.21. The van der Waals surface area contributed by atoms with Crippen molar-refractivity contribution in [3.63, 3.8) is 0 Å². The molecule has 1 aliphatic heterocycles. The van der Waals surface area contributed by atoms with Crippen molar-refractivity contribution in [2.75, 3.05) is 13.1 Å². The highest BCUT2D eigenvalue weighted by Gasteiger charge is 2.32. The first-order chi connectivity index (χ1) is 7.47. The molecular formula is C12H19ClN2S. The summed E-state index contributed by atoms with van der Waals surface area (Å²) in [5.74, 6) is 0. The lowest BCUT2D eigenvalue weighted by molar-refractivity contribution is 0.0636. The Hall–Kier alpha value is -0.0900. The molecule has 1 atom stereocenters. The average molecular weight is 259 g/mol. The Kier molecular flexibility index (Phi) is 3.59. The third-order valence-corrected chi connectivity index (χ3v) is 4.42. The monoisotopic (exact) mass is 258 g/mol. The van der Waals surface area contributed by atoms with Gasteiger partial charge in [0.2, 0.25) is 0 Å². The summed E-state index contributed by atoms with van der Waals surface area (Å²) in [5, 5.41) is 3.53. The zero-order chi connectivity index (χ0) is 11.8. The molecule has 0 aliphatic carbocycles. The highest BCUT2D eigenvalue weighted by molar-refractivity contribution is 7.16. The molecule has 0 saturated carbocycles. The van der Waals surface area contributed by atoms with Gasteiger partial charge < -0.3 is 5.32 Å². The van der Waals surface area contributed by atoms with E-state index in [4.69, 9.17) is 11.6 Å². The summed E-state index contributed by atoms with van der Waals surface area (Å²) in [6, 6.07) is 4.69. The van der Waals surface area contributed by atoms with Crippen molar-refractivity contribution < 1.29 is 0 Å². The van der Waals surface area contributed by atoms with Crippen LogP contribution < -0.4 is 5.32 Å². The smallest absolute Gasteiger partial charge is 0.0931 e. The molecule has 0 spiro atoms. The molecule has 2 heterocycles. The van der Waals surface area contributed by atoms with Gasteiger partial charge in [-0.25, -0.2) is 0 Å². The van der Waals surface area contributed by atoms with Crippen molar-refractivity contribution in [3.05, 3.63) is 21.3 Å². The zero-order valence-corrected chi connectivity index (χ0v) is 11.7. The zero-order valence-electron chi connectivity index (χ0n) is 10.1. The normalized spacial score (nSPS) is 25.9. The second-order valence-electron chi connectivity index (χ2n) is 5.18. The van der Waals surface area contributed by atoms with Crippen molar-refractivity contribution >= 4 is 22.9 Å². The van der Waals surface area contributed by atoms with Gasteiger partial charge in [0, 0.05) is 36.1 Å². The van der Waals surface area contributed by atoms with E-state index >= 15 is 0 Å². The van der Waals surface area contributed by atoms with Crippen molar-refractivity contribution in [1.82, 2.24) is 10.2 Å².